The van der Waals surface area contributed by atoms with Gasteiger partial charge in [-0.1, -0.05) is 73.3 Å². The Bertz CT molecular complexity index is 1350. The molecule has 1 aliphatic heterocycles. The quantitative estimate of drug-likeness (QED) is 0.180. The second-order valence-corrected chi connectivity index (χ2v) is 19.1. The van der Waals surface area contributed by atoms with E-state index in [4.69, 9.17) is 5.73 Å². The fourth-order valence-corrected chi connectivity index (χ4v) is 8.20. The average Bonchev–Trinajstić information content (AvgIpc) is 3.68. The monoisotopic (exact) mass is 679 g/mol. The van der Waals surface area contributed by atoms with Crippen LogP contribution in [0.5, 0.6) is 0 Å². The molecule has 5 N–H and O–H groups in total. The number of Topliss-reactive ketones (excluding diaryl/α,β-unsaturated/α-hetero) is 1. The zero-order valence-electron chi connectivity index (χ0n) is 29.5. The summed E-state index contributed by atoms with van der Waals surface area (Å²) in [5.41, 5.74) is 4.02. The molecule has 266 valence electrons. The van der Waals surface area contributed by atoms with Gasteiger partial charge in [0.1, 0.15) is 12.1 Å². The maximum absolute atomic E-state index is 14.4. The van der Waals surface area contributed by atoms with Gasteiger partial charge in [0.2, 0.25) is 17.6 Å². The van der Waals surface area contributed by atoms with Crippen LogP contribution in [0.4, 0.5) is 4.79 Å². The number of nitrogens with zero attached hydrogens (tertiary/aromatic N) is 1. The maximum atomic E-state index is 14.4. The summed E-state index contributed by atoms with van der Waals surface area (Å²) in [5, 5.41) is 8.51. The Morgan fingerprint density at radius 1 is 0.979 bits per heavy atom. The number of likely N-dealkylation sites (tertiary alicyclic amines) is 1. The number of rotatable bonds is 12. The van der Waals surface area contributed by atoms with Gasteiger partial charge in [0.25, 0.3) is 5.91 Å². The Balaban J connectivity index is 1.89. The summed E-state index contributed by atoms with van der Waals surface area (Å²) in [5.74, 6) is -3.35. The predicted molar refractivity (Wildman–Crippen MR) is 181 cm³/mol. The molecule has 1 saturated heterocycles. The molecule has 4 atom stereocenters. The lowest BCUT2D eigenvalue weighted by atomic mass is 9.83. The number of amides is 5. The number of nitrogens with one attached hydrogen (secondary N) is 3. The highest BCUT2D eigenvalue weighted by Crippen LogP contribution is 2.37. The molecule has 47 heavy (non-hydrogen) atoms. The Morgan fingerprint density at radius 3 is 2.02 bits per heavy atom. The normalized spacial score (nSPS) is 23.2. The number of ketones is 1. The van der Waals surface area contributed by atoms with Crippen molar-refractivity contribution >= 4 is 39.4 Å². The summed E-state index contributed by atoms with van der Waals surface area (Å²) < 4.78 is 25.6. The van der Waals surface area contributed by atoms with Crippen LogP contribution in [0.1, 0.15) is 107 Å². The predicted octanol–water partition coefficient (Wildman–Crippen LogP) is 3.00. The van der Waals surface area contributed by atoms with E-state index >= 15 is 0 Å². The second-order valence-electron chi connectivity index (χ2n) is 16.4. The molecular formula is C34H57N5O7S. The van der Waals surface area contributed by atoms with Crippen molar-refractivity contribution in [1.82, 2.24) is 20.9 Å². The molecule has 5 amide bonds. The number of sulfone groups is 1. The SMILES string of the molecule is C=C1[C@@H](C(=O)NC(CC2CC2)C(=O)C(N)=O)N(C(=O)[C@@H](NC(=O)NC2(CS(=O)(=O)C(C)(C)C)CCCCC2)C(C)(C)C)C[C@@H]1C(C)C. The molecule has 2 aliphatic carbocycles. The summed E-state index contributed by atoms with van der Waals surface area (Å²) in [6.07, 6.45) is 5.54. The summed E-state index contributed by atoms with van der Waals surface area (Å²) in [7, 11) is -3.58. The second kappa shape index (κ2) is 14.3. The number of urea groups is 1. The highest BCUT2D eigenvalue weighted by atomic mass is 32.2. The topological polar surface area (TPSA) is 185 Å². The van der Waals surface area contributed by atoms with Crippen LogP contribution in [0, 0.1) is 23.2 Å². The molecule has 0 bridgehead atoms. The lowest BCUT2D eigenvalue weighted by Crippen LogP contribution is -2.63. The van der Waals surface area contributed by atoms with Gasteiger partial charge in [-0.2, -0.15) is 0 Å². The Morgan fingerprint density at radius 2 is 1.55 bits per heavy atom. The molecule has 13 heteroatoms. The van der Waals surface area contributed by atoms with Crippen molar-refractivity contribution in [3.63, 3.8) is 0 Å². The Labute approximate surface area is 280 Å². The van der Waals surface area contributed by atoms with E-state index in [1.807, 2.05) is 13.8 Å². The first-order chi connectivity index (χ1) is 21.5. The number of hydrogen-bond acceptors (Lipinski definition) is 7. The van der Waals surface area contributed by atoms with E-state index in [9.17, 15) is 32.4 Å². The number of carbonyl (C=O) groups excluding carboxylic acids is 5. The molecule has 0 radical (unpaired) electrons. The van der Waals surface area contributed by atoms with Crippen LogP contribution in [0.25, 0.3) is 0 Å². The molecule has 3 aliphatic rings. The lowest BCUT2D eigenvalue weighted by Gasteiger charge is -2.41. The number of nitrogens with two attached hydrogens (primary N) is 1. The minimum Gasteiger partial charge on any atom is -0.363 e. The molecule has 3 fully saturated rings. The third-order valence-electron chi connectivity index (χ3n) is 9.99. The third-order valence-corrected chi connectivity index (χ3v) is 12.8. The fourth-order valence-electron chi connectivity index (χ4n) is 6.68. The number of hydrogen-bond donors (Lipinski definition) is 4. The summed E-state index contributed by atoms with van der Waals surface area (Å²) in [4.78, 5) is 67.8. The van der Waals surface area contributed by atoms with Crippen molar-refractivity contribution < 1.29 is 32.4 Å². The largest absolute Gasteiger partial charge is 0.363 e. The van der Waals surface area contributed by atoms with Crippen molar-refractivity contribution in [2.75, 3.05) is 12.3 Å². The smallest absolute Gasteiger partial charge is 0.315 e. The number of primary amides is 1. The van der Waals surface area contributed by atoms with Gasteiger partial charge in [-0.05, 0) is 62.9 Å². The molecular weight excluding hydrogens is 622 g/mol. The third kappa shape index (κ3) is 9.35. The van der Waals surface area contributed by atoms with Crippen molar-refractivity contribution in [3.8, 4) is 0 Å². The zero-order valence-corrected chi connectivity index (χ0v) is 30.3. The Kier molecular flexibility index (Phi) is 11.7. The van der Waals surface area contributed by atoms with Crippen LogP contribution in [0.15, 0.2) is 12.2 Å². The van der Waals surface area contributed by atoms with Gasteiger partial charge < -0.3 is 26.6 Å². The first kappa shape index (κ1) is 38.5. The van der Waals surface area contributed by atoms with Gasteiger partial charge in [0, 0.05) is 12.5 Å². The maximum Gasteiger partial charge on any atom is 0.315 e. The van der Waals surface area contributed by atoms with Crippen LogP contribution in [-0.2, 0) is 29.0 Å². The van der Waals surface area contributed by atoms with E-state index in [1.165, 1.54) is 4.90 Å². The minimum atomic E-state index is -3.58. The van der Waals surface area contributed by atoms with Crippen LogP contribution in [0.3, 0.4) is 0 Å². The average molecular weight is 680 g/mol. The minimum absolute atomic E-state index is 0.0328. The standard InChI is InChI=1S/C34H57N5O7S/c1-20(2)23-18-39(25(21(23)3)29(42)36-24(17-22-13-14-22)26(40)28(35)41)30(43)27(32(4,5)6)37-31(44)38-34(15-11-10-12-16-34)19-47(45,46)33(7,8)9/h20,22-25,27H,3,10-19H2,1-2,4-9H3,(H2,35,41)(H,36,42)(H2,37,38,44)/t23-,24?,25+,27-/m1/s1. The van der Waals surface area contributed by atoms with E-state index in [0.29, 0.717) is 18.4 Å². The van der Waals surface area contributed by atoms with E-state index in [1.54, 1.807) is 41.5 Å². The van der Waals surface area contributed by atoms with E-state index in [-0.39, 0.29) is 36.5 Å². The van der Waals surface area contributed by atoms with Crippen molar-refractivity contribution in [3.05, 3.63) is 12.2 Å². The van der Waals surface area contributed by atoms with E-state index in [0.717, 1.165) is 32.1 Å². The lowest BCUT2D eigenvalue weighted by molar-refractivity contribution is -0.142. The van der Waals surface area contributed by atoms with E-state index in [2.05, 4.69) is 22.5 Å². The first-order valence-electron chi connectivity index (χ1n) is 16.9. The van der Waals surface area contributed by atoms with Gasteiger partial charge in [-0.15, -0.1) is 0 Å². The molecule has 0 aromatic heterocycles. The van der Waals surface area contributed by atoms with Gasteiger partial charge in [0.05, 0.1) is 22.1 Å². The van der Waals surface area contributed by atoms with Crippen LogP contribution < -0.4 is 21.7 Å². The highest BCUT2D eigenvalue weighted by molar-refractivity contribution is 7.92. The molecule has 1 heterocycles. The van der Waals surface area contributed by atoms with Crippen LogP contribution >= 0.6 is 0 Å². The molecule has 2 saturated carbocycles. The van der Waals surface area contributed by atoms with Crippen molar-refractivity contribution in [2.24, 2.45) is 28.9 Å². The zero-order chi connectivity index (χ0) is 35.7. The summed E-state index contributed by atoms with van der Waals surface area (Å²) >= 11 is 0. The first-order valence-corrected chi connectivity index (χ1v) is 18.6. The molecule has 0 aromatic rings. The molecule has 0 aromatic carbocycles. The van der Waals surface area contributed by atoms with Gasteiger partial charge >= 0.3 is 6.03 Å². The number of carbonyl (C=O) groups is 5. The van der Waals surface area contributed by atoms with Crippen molar-refractivity contribution in [1.29, 1.82) is 0 Å². The molecule has 1 unspecified atom stereocenters. The summed E-state index contributed by atoms with van der Waals surface area (Å²) in [6, 6.07) is -3.98. The van der Waals surface area contributed by atoms with E-state index < -0.39 is 73.2 Å². The molecule has 0 spiro atoms. The molecule has 12 nitrogen and oxygen atoms in total. The van der Waals surface area contributed by atoms with Gasteiger partial charge in [-0.3, -0.25) is 19.2 Å². The van der Waals surface area contributed by atoms with Crippen LogP contribution in [0.2, 0.25) is 0 Å². The molecule has 3 rings (SSSR count). The summed E-state index contributed by atoms with van der Waals surface area (Å²) in [6.45, 7) is 18.6. The Hall–Kier alpha value is -2.96. The fraction of sp³-hybridized carbons (Fsp3) is 0.794. The van der Waals surface area contributed by atoms with Gasteiger partial charge in [-0.25, -0.2) is 13.2 Å². The highest BCUT2D eigenvalue weighted by Gasteiger charge is 2.49. The van der Waals surface area contributed by atoms with Crippen LogP contribution in [-0.4, -0.2) is 83.6 Å². The van der Waals surface area contributed by atoms with Gasteiger partial charge in [0.15, 0.2) is 9.84 Å². The van der Waals surface area contributed by atoms with Crippen molar-refractivity contribution in [2.45, 2.75) is 135 Å².